The fraction of sp³-hybridized carbons (Fsp3) is 0.118. The van der Waals surface area contributed by atoms with E-state index >= 15 is 0 Å². The van der Waals surface area contributed by atoms with E-state index in [-0.39, 0.29) is 0 Å². The predicted molar refractivity (Wildman–Crippen MR) is 89.0 cm³/mol. The number of hydrogen-bond donors (Lipinski definition) is 0. The van der Waals surface area contributed by atoms with Gasteiger partial charge in [-0.1, -0.05) is 35.5 Å². The lowest BCUT2D eigenvalue weighted by Crippen LogP contribution is -2.04. The molecule has 1 heterocycles. The quantitative estimate of drug-likeness (QED) is 0.531. The second-order valence-corrected chi connectivity index (χ2v) is 5.58. The number of ether oxygens (including phenoxy) is 1. The lowest BCUT2D eigenvalue weighted by atomic mass is 10.1. The number of thioether (sulfide) groups is 1. The summed E-state index contributed by atoms with van der Waals surface area (Å²) in [6.07, 6.45) is 0. The number of methoxy groups -OCH3 is 1. The van der Waals surface area contributed by atoms with Crippen LogP contribution in [-0.2, 0) is 6.54 Å². The van der Waals surface area contributed by atoms with Gasteiger partial charge in [-0.05, 0) is 29.8 Å². The van der Waals surface area contributed by atoms with Gasteiger partial charge in [-0.2, -0.15) is 5.26 Å². The molecule has 0 unspecified atom stereocenters. The van der Waals surface area contributed by atoms with Crippen LogP contribution in [0.5, 0.6) is 5.75 Å². The van der Waals surface area contributed by atoms with Gasteiger partial charge in [0.2, 0.25) is 0 Å². The number of hydrogen-bond acceptors (Lipinski definition) is 5. The highest BCUT2D eigenvalue weighted by atomic mass is 32.2. The third kappa shape index (κ3) is 3.35. The molecule has 1 aromatic heterocycles. The summed E-state index contributed by atoms with van der Waals surface area (Å²) < 4.78 is 7.01. The minimum Gasteiger partial charge on any atom is -0.497 e. The van der Waals surface area contributed by atoms with Crippen LogP contribution in [-0.4, -0.2) is 22.1 Å². The molecule has 3 aromatic rings. The normalized spacial score (nSPS) is 10.3. The van der Waals surface area contributed by atoms with E-state index in [1.165, 1.54) is 0 Å². The summed E-state index contributed by atoms with van der Waals surface area (Å²) in [6.45, 7) is 0.598. The molecule has 0 saturated heterocycles. The van der Waals surface area contributed by atoms with Crippen LogP contribution in [0.1, 0.15) is 5.56 Å². The first-order chi connectivity index (χ1) is 11.3. The summed E-state index contributed by atoms with van der Waals surface area (Å²) >= 11 is 1.02. The van der Waals surface area contributed by atoms with E-state index in [0.717, 1.165) is 34.3 Å². The maximum Gasteiger partial charge on any atom is 0.161 e. The van der Waals surface area contributed by atoms with Crippen LogP contribution < -0.4 is 4.74 Å². The molecule has 0 bridgehead atoms. The Balaban J connectivity index is 2.01. The number of nitriles is 1. The van der Waals surface area contributed by atoms with Crippen LogP contribution >= 0.6 is 11.8 Å². The molecule has 0 radical (unpaired) electrons. The fourth-order valence-corrected chi connectivity index (χ4v) is 2.78. The lowest BCUT2D eigenvalue weighted by Gasteiger charge is -2.08. The number of rotatable bonds is 5. The van der Waals surface area contributed by atoms with Gasteiger partial charge in [0.1, 0.15) is 16.8 Å². The molecule has 114 valence electrons. The average Bonchev–Trinajstić information content (AvgIpc) is 2.98. The van der Waals surface area contributed by atoms with Crippen molar-refractivity contribution in [1.29, 1.82) is 5.26 Å². The van der Waals surface area contributed by atoms with Crippen molar-refractivity contribution in [2.24, 2.45) is 0 Å². The van der Waals surface area contributed by atoms with Gasteiger partial charge in [-0.3, -0.25) is 0 Å². The van der Waals surface area contributed by atoms with Gasteiger partial charge in [0.05, 0.1) is 13.7 Å². The Hall–Kier alpha value is -2.78. The first-order valence-electron chi connectivity index (χ1n) is 6.99. The van der Waals surface area contributed by atoms with E-state index in [4.69, 9.17) is 10.00 Å². The van der Waals surface area contributed by atoms with Gasteiger partial charge in [0.25, 0.3) is 0 Å². The van der Waals surface area contributed by atoms with Crippen LogP contribution in [0.15, 0.2) is 59.6 Å². The van der Waals surface area contributed by atoms with Crippen LogP contribution in [0.25, 0.3) is 11.3 Å². The van der Waals surface area contributed by atoms with Crippen molar-refractivity contribution in [2.45, 2.75) is 11.6 Å². The molecule has 0 aliphatic rings. The van der Waals surface area contributed by atoms with Crippen molar-refractivity contribution in [3.63, 3.8) is 0 Å². The Morgan fingerprint density at radius 3 is 2.52 bits per heavy atom. The van der Waals surface area contributed by atoms with Gasteiger partial charge in [-0.15, -0.1) is 5.10 Å². The maximum absolute atomic E-state index is 8.99. The highest BCUT2D eigenvalue weighted by Crippen LogP contribution is 2.30. The fourth-order valence-electron chi connectivity index (χ4n) is 2.30. The molecular formula is C17H14N4OS. The Kier molecular flexibility index (Phi) is 4.60. The van der Waals surface area contributed by atoms with Crippen molar-refractivity contribution in [3.05, 3.63) is 60.2 Å². The molecule has 2 aromatic carbocycles. The molecule has 0 saturated carbocycles. The van der Waals surface area contributed by atoms with Crippen LogP contribution in [0.3, 0.4) is 0 Å². The van der Waals surface area contributed by atoms with Crippen LogP contribution in [0.4, 0.5) is 0 Å². The minimum atomic E-state index is 0.598. The van der Waals surface area contributed by atoms with Crippen LogP contribution in [0, 0.1) is 10.7 Å². The average molecular weight is 322 g/mol. The van der Waals surface area contributed by atoms with Crippen molar-refractivity contribution < 1.29 is 4.74 Å². The molecule has 0 atom stereocenters. The third-order valence-corrected chi connectivity index (χ3v) is 3.94. The Morgan fingerprint density at radius 1 is 1.13 bits per heavy atom. The monoisotopic (exact) mass is 322 g/mol. The van der Waals surface area contributed by atoms with E-state index in [0.29, 0.717) is 11.6 Å². The number of thiocyanates is 1. The topological polar surface area (TPSA) is 63.7 Å². The zero-order valence-electron chi connectivity index (χ0n) is 12.5. The molecule has 3 rings (SSSR count). The Labute approximate surface area is 138 Å². The van der Waals surface area contributed by atoms with E-state index in [9.17, 15) is 0 Å². The van der Waals surface area contributed by atoms with Gasteiger partial charge >= 0.3 is 0 Å². The smallest absolute Gasteiger partial charge is 0.161 e. The van der Waals surface area contributed by atoms with Gasteiger partial charge in [0, 0.05) is 17.3 Å². The van der Waals surface area contributed by atoms with E-state index in [2.05, 4.69) is 15.7 Å². The van der Waals surface area contributed by atoms with E-state index < -0.39 is 0 Å². The molecular weight excluding hydrogens is 308 g/mol. The van der Waals surface area contributed by atoms with Gasteiger partial charge in [0.15, 0.2) is 5.03 Å². The molecule has 0 aliphatic heterocycles. The molecule has 0 spiro atoms. The zero-order valence-corrected chi connectivity index (χ0v) is 13.3. The molecule has 5 nitrogen and oxygen atoms in total. The predicted octanol–water partition coefficient (Wildman–Crippen LogP) is 3.58. The summed E-state index contributed by atoms with van der Waals surface area (Å²) in [5.41, 5.74) is 2.91. The third-order valence-electron chi connectivity index (χ3n) is 3.39. The zero-order chi connectivity index (χ0) is 16.1. The minimum absolute atomic E-state index is 0.598. The number of aromatic nitrogens is 3. The summed E-state index contributed by atoms with van der Waals surface area (Å²) in [5, 5.41) is 20.0. The Morgan fingerprint density at radius 2 is 1.87 bits per heavy atom. The number of benzene rings is 2. The molecule has 0 fully saturated rings. The van der Waals surface area contributed by atoms with E-state index in [1.807, 2.05) is 59.3 Å². The summed E-state index contributed by atoms with van der Waals surface area (Å²) in [7, 11) is 1.63. The van der Waals surface area contributed by atoms with Gasteiger partial charge < -0.3 is 4.74 Å². The summed E-state index contributed by atoms with van der Waals surface area (Å²) in [5.74, 6) is 0.783. The molecule has 6 heteroatoms. The van der Waals surface area contributed by atoms with Gasteiger partial charge in [-0.25, -0.2) is 4.68 Å². The van der Waals surface area contributed by atoms with Crippen molar-refractivity contribution in [1.82, 2.24) is 15.0 Å². The first-order valence-corrected chi connectivity index (χ1v) is 7.81. The van der Waals surface area contributed by atoms with Crippen molar-refractivity contribution in [2.75, 3.05) is 7.11 Å². The second-order valence-electron chi connectivity index (χ2n) is 4.81. The van der Waals surface area contributed by atoms with Crippen molar-refractivity contribution in [3.8, 4) is 22.4 Å². The number of nitrogens with zero attached hydrogens (tertiary/aromatic N) is 4. The van der Waals surface area contributed by atoms with Crippen LogP contribution in [0.2, 0.25) is 0 Å². The summed E-state index contributed by atoms with van der Waals surface area (Å²) in [4.78, 5) is 0. The summed E-state index contributed by atoms with van der Waals surface area (Å²) in [6, 6.07) is 17.7. The SMILES string of the molecule is COc1ccc(-c2c(SC#N)nnn2Cc2ccccc2)cc1. The van der Waals surface area contributed by atoms with Crippen molar-refractivity contribution >= 4 is 11.8 Å². The standard InChI is InChI=1S/C17H14N4OS/c1-22-15-9-7-14(8-10-15)16-17(23-12-18)19-20-21(16)11-13-5-3-2-4-6-13/h2-10H,11H2,1H3. The lowest BCUT2D eigenvalue weighted by molar-refractivity contribution is 0.415. The molecule has 0 amide bonds. The molecule has 0 N–H and O–H groups in total. The molecule has 0 aliphatic carbocycles. The second kappa shape index (κ2) is 6.99. The highest BCUT2D eigenvalue weighted by Gasteiger charge is 2.16. The Bertz CT molecular complexity index is 822. The van der Waals surface area contributed by atoms with E-state index in [1.54, 1.807) is 7.11 Å². The highest BCUT2D eigenvalue weighted by molar-refractivity contribution is 8.03. The largest absolute Gasteiger partial charge is 0.497 e. The molecule has 23 heavy (non-hydrogen) atoms. The first kappa shape index (κ1) is 15.1. The maximum atomic E-state index is 8.99.